The van der Waals surface area contributed by atoms with Gasteiger partial charge < -0.3 is 9.63 Å². The summed E-state index contributed by atoms with van der Waals surface area (Å²) >= 11 is 0. The molecule has 0 unspecified atom stereocenters. The first kappa shape index (κ1) is 6.84. The van der Waals surface area contributed by atoms with Crippen LogP contribution in [-0.4, -0.2) is 16.5 Å². The number of aromatic hydroxyl groups is 1. The van der Waals surface area contributed by atoms with Crippen LogP contribution in [0.2, 0.25) is 0 Å². The van der Waals surface area contributed by atoms with Crippen LogP contribution in [0.4, 0.5) is 0 Å². The Hall–Kier alpha value is -1.84. The molecule has 0 radical (unpaired) electrons. The molecule has 4 nitrogen and oxygen atoms in total. The number of aromatic nitrogens is 1. The zero-order valence-electron chi connectivity index (χ0n) is 6.02. The molecule has 4 heteroatoms. The van der Waals surface area contributed by atoms with E-state index in [-0.39, 0.29) is 11.5 Å². The summed E-state index contributed by atoms with van der Waals surface area (Å²) in [6, 6.07) is 4.50. The third-order valence-corrected chi connectivity index (χ3v) is 1.60. The van der Waals surface area contributed by atoms with E-state index < -0.39 is 0 Å². The molecule has 0 spiro atoms. The maximum absolute atomic E-state index is 10.4. The normalized spacial score (nSPS) is 10.3. The second kappa shape index (κ2) is 2.34. The standard InChI is InChI=1S/C8H5NO3/c10-4-8-6-2-1-5(11)3-7(6)9-12-8/h1-4,11H. The lowest BCUT2D eigenvalue weighted by atomic mass is 10.2. The van der Waals surface area contributed by atoms with Crippen molar-refractivity contribution in [2.45, 2.75) is 0 Å². The summed E-state index contributed by atoms with van der Waals surface area (Å²) in [5.41, 5.74) is 0.483. The van der Waals surface area contributed by atoms with Gasteiger partial charge in [0.05, 0.1) is 5.39 Å². The summed E-state index contributed by atoms with van der Waals surface area (Å²) in [6.45, 7) is 0. The molecule has 0 saturated carbocycles. The van der Waals surface area contributed by atoms with E-state index >= 15 is 0 Å². The van der Waals surface area contributed by atoms with Gasteiger partial charge in [0.15, 0.2) is 6.29 Å². The molecule has 0 aliphatic carbocycles. The molecule has 0 amide bonds. The van der Waals surface area contributed by atoms with Crippen LogP contribution in [0, 0.1) is 0 Å². The van der Waals surface area contributed by atoms with Gasteiger partial charge in [-0.2, -0.15) is 0 Å². The Morgan fingerprint density at radius 1 is 1.50 bits per heavy atom. The Kier molecular flexibility index (Phi) is 1.33. The molecular formula is C8H5NO3. The first-order valence-electron chi connectivity index (χ1n) is 3.35. The first-order valence-corrected chi connectivity index (χ1v) is 3.35. The molecule has 0 aliphatic rings. The second-order valence-electron chi connectivity index (χ2n) is 2.37. The molecule has 0 fully saturated rings. The Morgan fingerprint density at radius 2 is 2.33 bits per heavy atom. The highest BCUT2D eigenvalue weighted by Crippen LogP contribution is 2.20. The van der Waals surface area contributed by atoms with Gasteiger partial charge in [0.25, 0.3) is 0 Å². The number of aldehydes is 1. The molecular weight excluding hydrogens is 158 g/mol. The van der Waals surface area contributed by atoms with Crippen LogP contribution < -0.4 is 0 Å². The molecule has 2 aromatic rings. The van der Waals surface area contributed by atoms with Gasteiger partial charge in [-0.05, 0) is 12.1 Å². The zero-order chi connectivity index (χ0) is 8.55. The number of carbonyl (C=O) groups is 1. The van der Waals surface area contributed by atoms with E-state index in [1.54, 1.807) is 6.07 Å². The fraction of sp³-hybridized carbons (Fsp3) is 0. The van der Waals surface area contributed by atoms with Crippen molar-refractivity contribution in [1.29, 1.82) is 0 Å². The Morgan fingerprint density at radius 3 is 3.08 bits per heavy atom. The Balaban J connectivity index is 2.81. The SMILES string of the molecule is O=Cc1onc2cc(O)ccc12. The maximum Gasteiger partial charge on any atom is 0.207 e. The molecule has 0 saturated heterocycles. The number of phenols is 1. The van der Waals surface area contributed by atoms with Crippen LogP contribution in [-0.2, 0) is 0 Å². The van der Waals surface area contributed by atoms with Crippen LogP contribution >= 0.6 is 0 Å². The number of rotatable bonds is 1. The molecule has 1 aromatic heterocycles. The number of carbonyl (C=O) groups excluding carboxylic acids is 1. The summed E-state index contributed by atoms with van der Waals surface area (Å²) in [5, 5.41) is 13.2. The van der Waals surface area contributed by atoms with Crippen LogP contribution in [0.3, 0.4) is 0 Å². The van der Waals surface area contributed by atoms with Crippen LogP contribution in [0.1, 0.15) is 10.6 Å². The minimum Gasteiger partial charge on any atom is -0.508 e. The molecule has 0 aliphatic heterocycles. The molecule has 60 valence electrons. The van der Waals surface area contributed by atoms with Crippen molar-refractivity contribution in [3.8, 4) is 5.75 Å². The van der Waals surface area contributed by atoms with E-state index in [2.05, 4.69) is 5.16 Å². The molecule has 1 N–H and O–H groups in total. The van der Waals surface area contributed by atoms with Gasteiger partial charge in [0, 0.05) is 6.07 Å². The fourth-order valence-corrected chi connectivity index (χ4v) is 1.04. The lowest BCUT2D eigenvalue weighted by Gasteiger charge is -1.88. The largest absolute Gasteiger partial charge is 0.508 e. The predicted molar refractivity (Wildman–Crippen MR) is 41.1 cm³/mol. The summed E-state index contributed by atoms with van der Waals surface area (Å²) in [4.78, 5) is 10.4. The third-order valence-electron chi connectivity index (χ3n) is 1.60. The minimum atomic E-state index is 0.105. The molecule has 2 rings (SSSR count). The molecule has 0 atom stereocenters. The van der Waals surface area contributed by atoms with Gasteiger partial charge in [-0.3, -0.25) is 4.79 Å². The Labute approximate surface area is 67.4 Å². The van der Waals surface area contributed by atoms with E-state index in [0.29, 0.717) is 17.2 Å². The maximum atomic E-state index is 10.4. The van der Waals surface area contributed by atoms with Gasteiger partial charge in [-0.25, -0.2) is 0 Å². The molecule has 1 aromatic carbocycles. The van der Waals surface area contributed by atoms with E-state index in [4.69, 9.17) is 9.63 Å². The van der Waals surface area contributed by atoms with Crippen LogP contribution in [0.25, 0.3) is 10.9 Å². The highest BCUT2D eigenvalue weighted by molar-refractivity contribution is 5.93. The van der Waals surface area contributed by atoms with Gasteiger partial charge in [-0.15, -0.1) is 0 Å². The number of phenolic OH excluding ortho intramolecular Hbond substituents is 1. The fourth-order valence-electron chi connectivity index (χ4n) is 1.04. The van der Waals surface area contributed by atoms with Crippen molar-refractivity contribution in [2.75, 3.05) is 0 Å². The monoisotopic (exact) mass is 163 g/mol. The number of fused-ring (bicyclic) bond motifs is 1. The van der Waals surface area contributed by atoms with Crippen LogP contribution in [0.5, 0.6) is 5.75 Å². The zero-order valence-corrected chi connectivity index (χ0v) is 6.02. The van der Waals surface area contributed by atoms with E-state index in [0.717, 1.165) is 0 Å². The van der Waals surface area contributed by atoms with Crippen molar-refractivity contribution in [3.05, 3.63) is 24.0 Å². The number of hydrogen-bond donors (Lipinski definition) is 1. The van der Waals surface area contributed by atoms with Gasteiger partial charge in [-0.1, -0.05) is 5.16 Å². The molecule has 0 bridgehead atoms. The average molecular weight is 163 g/mol. The number of hydrogen-bond acceptors (Lipinski definition) is 4. The second-order valence-corrected chi connectivity index (χ2v) is 2.37. The summed E-state index contributed by atoms with van der Waals surface area (Å²) in [6.07, 6.45) is 0.590. The van der Waals surface area contributed by atoms with Crippen molar-refractivity contribution in [3.63, 3.8) is 0 Å². The summed E-state index contributed by atoms with van der Waals surface area (Å²) < 4.78 is 4.69. The number of benzene rings is 1. The van der Waals surface area contributed by atoms with Gasteiger partial charge >= 0.3 is 0 Å². The predicted octanol–water partition coefficient (Wildman–Crippen LogP) is 1.35. The van der Waals surface area contributed by atoms with E-state index in [1.807, 2.05) is 0 Å². The topological polar surface area (TPSA) is 63.3 Å². The Bertz CT molecular complexity index is 433. The molecule has 12 heavy (non-hydrogen) atoms. The quantitative estimate of drug-likeness (QED) is 0.644. The van der Waals surface area contributed by atoms with Crippen molar-refractivity contribution in [1.82, 2.24) is 5.16 Å². The lowest BCUT2D eigenvalue weighted by molar-refractivity contribution is 0.109. The smallest absolute Gasteiger partial charge is 0.207 e. The summed E-state index contributed by atoms with van der Waals surface area (Å²) in [7, 11) is 0. The first-order chi connectivity index (χ1) is 5.81. The van der Waals surface area contributed by atoms with Crippen molar-refractivity contribution in [2.24, 2.45) is 0 Å². The van der Waals surface area contributed by atoms with Gasteiger partial charge in [0.2, 0.25) is 5.76 Å². The van der Waals surface area contributed by atoms with Crippen LogP contribution in [0.15, 0.2) is 22.7 Å². The third kappa shape index (κ3) is 0.852. The molecule has 1 heterocycles. The average Bonchev–Trinajstić information content (AvgIpc) is 2.46. The number of nitrogens with zero attached hydrogens (tertiary/aromatic N) is 1. The lowest BCUT2D eigenvalue weighted by Crippen LogP contribution is -1.73. The van der Waals surface area contributed by atoms with Crippen molar-refractivity contribution >= 4 is 17.2 Å². The van der Waals surface area contributed by atoms with Crippen molar-refractivity contribution < 1.29 is 14.4 Å². The summed E-state index contributed by atoms with van der Waals surface area (Å²) in [5.74, 6) is 0.290. The highest BCUT2D eigenvalue weighted by Gasteiger charge is 2.06. The van der Waals surface area contributed by atoms with Gasteiger partial charge in [0.1, 0.15) is 11.3 Å². The minimum absolute atomic E-state index is 0.105. The van der Waals surface area contributed by atoms with E-state index in [9.17, 15) is 4.79 Å². The van der Waals surface area contributed by atoms with E-state index in [1.165, 1.54) is 12.1 Å². The highest BCUT2D eigenvalue weighted by atomic mass is 16.5.